The van der Waals surface area contributed by atoms with Crippen LogP contribution in [-0.2, 0) is 9.53 Å². The van der Waals surface area contributed by atoms with E-state index < -0.39 is 12.1 Å². The minimum absolute atomic E-state index is 0.458. The molecule has 1 atom stereocenters. The van der Waals surface area contributed by atoms with Crippen LogP contribution in [0.15, 0.2) is 0 Å². The second kappa shape index (κ2) is 5.32. The van der Waals surface area contributed by atoms with Gasteiger partial charge in [0.25, 0.3) is 0 Å². The highest BCUT2D eigenvalue weighted by molar-refractivity contribution is 5.72. The lowest BCUT2D eigenvalue weighted by atomic mass is 10.3. The summed E-state index contributed by atoms with van der Waals surface area (Å²) in [5.41, 5.74) is 0. The lowest BCUT2D eigenvalue weighted by Gasteiger charge is -2.23. The lowest BCUT2D eigenvalue weighted by Crippen LogP contribution is -2.39. The number of likely N-dealkylation sites (N-methyl/N-ethyl adjacent to an activating group) is 1. The Bertz CT molecular complexity index is 192. The molecule has 1 unspecified atom stereocenters. The van der Waals surface area contributed by atoms with Crippen molar-refractivity contribution in [3.8, 4) is 0 Å². The summed E-state index contributed by atoms with van der Waals surface area (Å²) >= 11 is 0. The molecule has 0 aliphatic heterocycles. The highest BCUT2D eigenvalue weighted by atomic mass is 16.5. The first-order valence-electron chi connectivity index (χ1n) is 5.27. The van der Waals surface area contributed by atoms with E-state index in [1.165, 1.54) is 12.8 Å². The first kappa shape index (κ1) is 11.5. The van der Waals surface area contributed by atoms with Crippen molar-refractivity contribution in [1.82, 2.24) is 4.90 Å². The predicted octanol–water partition coefficient (Wildman–Crippen LogP) is 0.960. The maximum Gasteiger partial charge on any atom is 0.334 e. The highest BCUT2D eigenvalue weighted by Gasteiger charge is 2.31. The van der Waals surface area contributed by atoms with Crippen molar-refractivity contribution in [2.24, 2.45) is 0 Å². The van der Waals surface area contributed by atoms with Crippen LogP contribution in [-0.4, -0.2) is 47.8 Å². The van der Waals surface area contributed by atoms with Crippen molar-refractivity contribution in [2.45, 2.75) is 38.8 Å². The maximum absolute atomic E-state index is 10.8. The van der Waals surface area contributed by atoms with E-state index in [1.807, 2.05) is 6.92 Å². The molecule has 1 aliphatic rings. The molecule has 0 aromatic rings. The number of carboxylic acid groups (broad SMARTS) is 1. The molecule has 82 valence electrons. The Hall–Kier alpha value is -0.610. The Balaban J connectivity index is 2.39. The summed E-state index contributed by atoms with van der Waals surface area (Å²) in [4.78, 5) is 13.0. The second-order valence-corrected chi connectivity index (χ2v) is 3.60. The Morgan fingerprint density at radius 2 is 2.21 bits per heavy atom. The molecule has 0 amide bonds. The monoisotopic (exact) mass is 201 g/mol. The number of carbonyl (C=O) groups is 1. The lowest BCUT2D eigenvalue weighted by molar-refractivity contribution is -0.151. The van der Waals surface area contributed by atoms with Crippen LogP contribution in [0, 0.1) is 0 Å². The predicted molar refractivity (Wildman–Crippen MR) is 53.3 cm³/mol. The van der Waals surface area contributed by atoms with E-state index in [9.17, 15) is 4.79 Å². The normalized spacial score (nSPS) is 18.5. The number of carboxylic acids is 1. The number of nitrogens with zero attached hydrogens (tertiary/aromatic N) is 1. The van der Waals surface area contributed by atoms with Crippen LogP contribution < -0.4 is 0 Å². The number of hydrogen-bond donors (Lipinski definition) is 1. The van der Waals surface area contributed by atoms with Gasteiger partial charge in [0.15, 0.2) is 6.10 Å². The summed E-state index contributed by atoms with van der Waals surface area (Å²) in [6.07, 6.45) is 1.74. The molecule has 1 saturated carbocycles. The molecule has 14 heavy (non-hydrogen) atoms. The molecule has 4 nitrogen and oxygen atoms in total. The number of aliphatic carboxylic acids is 1. The van der Waals surface area contributed by atoms with Crippen molar-refractivity contribution in [3.63, 3.8) is 0 Å². The standard InChI is InChI=1S/C10H19NO3/c1-3-11(8-5-6-8)7-9(10(12)13)14-4-2/h8-9H,3-7H2,1-2H3,(H,12,13). The molecular formula is C10H19NO3. The van der Waals surface area contributed by atoms with Crippen LogP contribution in [0.2, 0.25) is 0 Å². The van der Waals surface area contributed by atoms with Gasteiger partial charge in [-0.15, -0.1) is 0 Å². The Morgan fingerprint density at radius 3 is 2.57 bits per heavy atom. The van der Waals surface area contributed by atoms with Gasteiger partial charge in [-0.1, -0.05) is 6.92 Å². The van der Waals surface area contributed by atoms with E-state index in [0.717, 1.165) is 6.54 Å². The SMILES string of the molecule is CCOC(CN(CC)C1CC1)C(=O)O. The first-order valence-corrected chi connectivity index (χ1v) is 5.27. The van der Waals surface area contributed by atoms with Crippen molar-refractivity contribution >= 4 is 5.97 Å². The summed E-state index contributed by atoms with van der Waals surface area (Å²) in [5, 5.41) is 8.90. The Kier molecular flexibility index (Phi) is 4.35. The van der Waals surface area contributed by atoms with Gasteiger partial charge in [0.05, 0.1) is 0 Å². The molecular weight excluding hydrogens is 182 g/mol. The van der Waals surface area contributed by atoms with Crippen molar-refractivity contribution in [1.29, 1.82) is 0 Å². The zero-order valence-electron chi connectivity index (χ0n) is 8.90. The molecule has 4 heteroatoms. The molecule has 0 bridgehead atoms. The largest absolute Gasteiger partial charge is 0.479 e. The van der Waals surface area contributed by atoms with Crippen molar-refractivity contribution in [3.05, 3.63) is 0 Å². The molecule has 0 saturated heterocycles. The zero-order valence-corrected chi connectivity index (χ0v) is 8.90. The third-order valence-corrected chi connectivity index (χ3v) is 2.51. The summed E-state index contributed by atoms with van der Waals surface area (Å²) < 4.78 is 5.17. The quantitative estimate of drug-likeness (QED) is 0.666. The fourth-order valence-corrected chi connectivity index (χ4v) is 1.59. The molecule has 1 aliphatic carbocycles. The topological polar surface area (TPSA) is 49.8 Å². The second-order valence-electron chi connectivity index (χ2n) is 3.60. The number of hydrogen-bond acceptors (Lipinski definition) is 3. The molecule has 1 N–H and O–H groups in total. The van der Waals surface area contributed by atoms with Crippen LogP contribution in [0.5, 0.6) is 0 Å². The molecule has 0 radical (unpaired) electrons. The van der Waals surface area contributed by atoms with Crippen LogP contribution in [0.4, 0.5) is 0 Å². The van der Waals surface area contributed by atoms with Gasteiger partial charge in [-0.3, -0.25) is 4.90 Å². The Labute approximate surface area is 84.8 Å². The summed E-state index contributed by atoms with van der Waals surface area (Å²) in [6, 6.07) is 0.599. The molecule has 0 spiro atoms. The van der Waals surface area contributed by atoms with Gasteiger partial charge in [0.1, 0.15) is 0 Å². The van der Waals surface area contributed by atoms with E-state index in [0.29, 0.717) is 19.2 Å². The molecule has 1 rings (SSSR count). The van der Waals surface area contributed by atoms with Gasteiger partial charge in [-0.25, -0.2) is 4.79 Å². The molecule has 0 aromatic carbocycles. The van der Waals surface area contributed by atoms with Crippen LogP contribution in [0.3, 0.4) is 0 Å². The smallest absolute Gasteiger partial charge is 0.334 e. The minimum atomic E-state index is -0.856. The minimum Gasteiger partial charge on any atom is -0.479 e. The number of ether oxygens (including phenoxy) is 1. The average molecular weight is 201 g/mol. The third-order valence-electron chi connectivity index (χ3n) is 2.51. The number of rotatable bonds is 7. The van der Waals surface area contributed by atoms with Crippen LogP contribution in [0.1, 0.15) is 26.7 Å². The van der Waals surface area contributed by atoms with Crippen molar-refractivity contribution in [2.75, 3.05) is 19.7 Å². The van der Waals surface area contributed by atoms with Gasteiger partial charge in [-0.2, -0.15) is 0 Å². The van der Waals surface area contributed by atoms with Crippen LogP contribution in [0.25, 0.3) is 0 Å². The first-order chi connectivity index (χ1) is 6.69. The average Bonchev–Trinajstić information content (AvgIpc) is 2.95. The molecule has 0 heterocycles. The summed E-state index contributed by atoms with van der Waals surface area (Å²) in [5.74, 6) is -0.856. The highest BCUT2D eigenvalue weighted by Crippen LogP contribution is 2.26. The van der Waals surface area contributed by atoms with E-state index in [1.54, 1.807) is 0 Å². The van der Waals surface area contributed by atoms with Gasteiger partial charge >= 0.3 is 5.97 Å². The van der Waals surface area contributed by atoms with Gasteiger partial charge < -0.3 is 9.84 Å². The van der Waals surface area contributed by atoms with E-state index in [-0.39, 0.29) is 0 Å². The maximum atomic E-state index is 10.8. The van der Waals surface area contributed by atoms with Gasteiger partial charge in [-0.05, 0) is 26.3 Å². The molecule has 0 aromatic heterocycles. The molecule has 1 fully saturated rings. The van der Waals surface area contributed by atoms with Crippen molar-refractivity contribution < 1.29 is 14.6 Å². The van der Waals surface area contributed by atoms with Gasteiger partial charge in [0, 0.05) is 19.2 Å². The zero-order chi connectivity index (χ0) is 10.6. The van der Waals surface area contributed by atoms with Crippen LogP contribution >= 0.6 is 0 Å². The van der Waals surface area contributed by atoms with Gasteiger partial charge in [0.2, 0.25) is 0 Å². The van der Waals surface area contributed by atoms with E-state index >= 15 is 0 Å². The Morgan fingerprint density at radius 1 is 1.57 bits per heavy atom. The fraction of sp³-hybridized carbons (Fsp3) is 0.900. The summed E-state index contributed by atoms with van der Waals surface area (Å²) in [6.45, 7) is 5.76. The summed E-state index contributed by atoms with van der Waals surface area (Å²) in [7, 11) is 0. The van der Waals surface area contributed by atoms with E-state index in [4.69, 9.17) is 9.84 Å². The van der Waals surface area contributed by atoms with E-state index in [2.05, 4.69) is 11.8 Å². The third kappa shape index (κ3) is 3.27. The fourth-order valence-electron chi connectivity index (χ4n) is 1.59.